The Balaban J connectivity index is 5.73. The van der Waals surface area contributed by atoms with Gasteiger partial charge in [0.05, 0.1) is 5.92 Å². The third kappa shape index (κ3) is 3.35. The van der Waals surface area contributed by atoms with Crippen molar-refractivity contribution >= 4 is 16.1 Å². The Bertz CT molecular complexity index is 401. The lowest BCUT2D eigenvalue weighted by atomic mass is 10.1. The molecule has 0 aliphatic heterocycles. The molecule has 18 heavy (non-hydrogen) atoms. The topological polar surface area (TPSA) is 80.7 Å². The minimum absolute atomic E-state index is 0.245. The molecule has 108 valence electrons. The largest absolute Gasteiger partial charge is 0.446 e. The molecule has 1 N–H and O–H groups in total. The summed E-state index contributed by atoms with van der Waals surface area (Å²) in [4.78, 5) is 7.34. The van der Waals surface area contributed by atoms with Crippen molar-refractivity contribution in [2.45, 2.75) is 44.7 Å². The van der Waals surface area contributed by atoms with Crippen LogP contribution in [-0.2, 0) is 19.6 Å². The van der Waals surface area contributed by atoms with Crippen LogP contribution >= 0.6 is 0 Å². The summed E-state index contributed by atoms with van der Waals surface area (Å²) in [6.45, 7) is 3.77. The molecule has 0 aromatic heterocycles. The Labute approximate surface area is 103 Å². The quantitative estimate of drug-likeness (QED) is 0.620. The van der Waals surface area contributed by atoms with E-state index in [1.807, 2.05) is 0 Å². The lowest BCUT2D eigenvalue weighted by molar-refractivity contribution is -0.243. The highest BCUT2D eigenvalue weighted by molar-refractivity contribution is 7.87. The molecule has 0 radical (unpaired) electrons. The molecule has 0 aliphatic carbocycles. The van der Waals surface area contributed by atoms with Crippen molar-refractivity contribution in [3.8, 4) is 0 Å². The zero-order chi connectivity index (χ0) is 14.8. The Morgan fingerprint density at radius 1 is 1.33 bits per heavy atom. The number of hydrogen-bond donors (Lipinski definition) is 1. The van der Waals surface area contributed by atoms with Gasteiger partial charge in [-0.25, -0.2) is 0 Å². The fourth-order valence-electron chi connectivity index (χ4n) is 1.19. The summed E-state index contributed by atoms with van der Waals surface area (Å²) in [6, 6.07) is 0. The van der Waals surface area contributed by atoms with Crippen molar-refractivity contribution in [3.63, 3.8) is 0 Å². The van der Waals surface area contributed by atoms with E-state index < -0.39 is 39.5 Å². The minimum Gasteiger partial charge on any atom is -0.430 e. The van der Waals surface area contributed by atoms with Gasteiger partial charge >= 0.3 is 27.2 Å². The molecule has 1 unspecified atom stereocenters. The van der Waals surface area contributed by atoms with Crippen LogP contribution in [0.1, 0.15) is 33.6 Å². The first-order chi connectivity index (χ1) is 7.89. The number of ether oxygens (including phenoxy) is 1. The maximum atomic E-state index is 12.9. The van der Waals surface area contributed by atoms with Gasteiger partial charge in [0.25, 0.3) is 0 Å². The van der Waals surface area contributed by atoms with E-state index in [1.165, 1.54) is 20.8 Å². The van der Waals surface area contributed by atoms with E-state index in [9.17, 15) is 26.4 Å². The molecule has 0 amide bonds. The smallest absolute Gasteiger partial charge is 0.430 e. The number of hydrogen-bond acceptors (Lipinski definition) is 4. The number of carbonyl (C=O) groups is 1. The van der Waals surface area contributed by atoms with Crippen molar-refractivity contribution in [2.75, 3.05) is 0 Å². The average Bonchev–Trinajstić information content (AvgIpc) is 2.12. The van der Waals surface area contributed by atoms with Crippen molar-refractivity contribution in [1.29, 1.82) is 0 Å². The number of carbonyl (C=O) groups excluding carboxylic acids is 1. The Kier molecular flexibility index (Phi) is 5.18. The maximum absolute atomic E-state index is 12.9. The summed E-state index contributed by atoms with van der Waals surface area (Å²) in [5, 5.41) is 0. The molecule has 0 aromatic rings. The first-order valence-corrected chi connectivity index (χ1v) is 6.59. The van der Waals surface area contributed by atoms with E-state index in [1.54, 1.807) is 0 Å². The Morgan fingerprint density at radius 2 is 1.78 bits per heavy atom. The molecule has 9 heteroatoms. The molecule has 0 saturated heterocycles. The molecule has 0 fully saturated rings. The van der Waals surface area contributed by atoms with Crippen LogP contribution in [0.5, 0.6) is 0 Å². The molecular formula is C9H15F3O5S. The van der Waals surface area contributed by atoms with Gasteiger partial charge in [0.1, 0.15) is 0 Å². The highest BCUT2D eigenvalue weighted by Gasteiger charge is 2.67. The molecule has 0 bridgehead atoms. The lowest BCUT2D eigenvalue weighted by Crippen LogP contribution is -2.55. The third-order valence-electron chi connectivity index (χ3n) is 2.16. The highest BCUT2D eigenvalue weighted by Crippen LogP contribution is 2.41. The normalized spacial score (nSPS) is 16.4. The zero-order valence-electron chi connectivity index (χ0n) is 10.1. The molecule has 0 spiro atoms. The fraction of sp³-hybridized carbons (Fsp3) is 0.889. The summed E-state index contributed by atoms with van der Waals surface area (Å²) in [5.74, 6) is -2.30. The van der Waals surface area contributed by atoms with Gasteiger partial charge in [0.2, 0.25) is 0 Å². The lowest BCUT2D eigenvalue weighted by Gasteiger charge is -2.32. The molecule has 5 nitrogen and oxygen atoms in total. The second-order valence-electron chi connectivity index (χ2n) is 4.05. The van der Waals surface area contributed by atoms with Gasteiger partial charge in [-0.2, -0.15) is 21.6 Å². The number of halogens is 3. The van der Waals surface area contributed by atoms with Gasteiger partial charge in [0, 0.05) is 6.42 Å². The molecule has 0 aromatic carbocycles. The van der Waals surface area contributed by atoms with Crippen LogP contribution in [0, 0.1) is 5.92 Å². The van der Waals surface area contributed by atoms with E-state index >= 15 is 0 Å². The summed E-state index contributed by atoms with van der Waals surface area (Å²) in [5.41, 5.74) is 0. The molecule has 0 aliphatic rings. The van der Waals surface area contributed by atoms with Crippen LogP contribution in [-0.4, -0.2) is 30.0 Å². The Hall–Kier alpha value is -0.830. The van der Waals surface area contributed by atoms with E-state index in [0.717, 1.165) is 0 Å². The van der Waals surface area contributed by atoms with Crippen LogP contribution in [0.4, 0.5) is 13.2 Å². The Morgan fingerprint density at radius 3 is 2.00 bits per heavy atom. The van der Waals surface area contributed by atoms with Gasteiger partial charge in [-0.15, -0.1) is 0 Å². The molecular weight excluding hydrogens is 277 g/mol. The predicted octanol–water partition coefficient (Wildman–Crippen LogP) is 2.13. The average molecular weight is 292 g/mol. The third-order valence-corrected chi connectivity index (χ3v) is 3.52. The van der Waals surface area contributed by atoms with E-state index in [2.05, 4.69) is 4.74 Å². The van der Waals surface area contributed by atoms with Crippen LogP contribution in [0.2, 0.25) is 0 Å². The second kappa shape index (κ2) is 5.43. The number of alkyl halides is 3. The SMILES string of the molecule is CCCC(OC(=O)C(C)C)(C(F)(F)F)S(=O)(=O)O. The number of rotatable bonds is 5. The fourth-order valence-corrected chi connectivity index (χ4v) is 2.13. The van der Waals surface area contributed by atoms with Gasteiger partial charge in [-0.3, -0.25) is 9.35 Å². The summed E-state index contributed by atoms with van der Waals surface area (Å²) < 4.78 is 73.5. The molecule has 1 atom stereocenters. The molecule has 0 rings (SSSR count). The van der Waals surface area contributed by atoms with Crippen molar-refractivity contribution in [1.82, 2.24) is 0 Å². The van der Waals surface area contributed by atoms with Gasteiger partial charge < -0.3 is 4.74 Å². The van der Waals surface area contributed by atoms with Crippen LogP contribution in [0.3, 0.4) is 0 Å². The van der Waals surface area contributed by atoms with Crippen molar-refractivity contribution in [3.05, 3.63) is 0 Å². The monoisotopic (exact) mass is 292 g/mol. The van der Waals surface area contributed by atoms with Crippen molar-refractivity contribution < 1.29 is 35.7 Å². The summed E-state index contributed by atoms with van der Waals surface area (Å²) in [7, 11) is -5.64. The van der Waals surface area contributed by atoms with Crippen molar-refractivity contribution in [2.24, 2.45) is 5.92 Å². The number of esters is 1. The molecule has 0 heterocycles. The summed E-state index contributed by atoms with van der Waals surface area (Å²) >= 11 is 0. The van der Waals surface area contributed by atoms with Crippen LogP contribution in [0.15, 0.2) is 0 Å². The van der Waals surface area contributed by atoms with E-state index in [4.69, 9.17) is 4.55 Å². The highest BCUT2D eigenvalue weighted by atomic mass is 32.2. The maximum Gasteiger partial charge on any atom is 0.446 e. The predicted molar refractivity (Wildman–Crippen MR) is 56.2 cm³/mol. The second-order valence-corrected chi connectivity index (χ2v) is 5.66. The van der Waals surface area contributed by atoms with Gasteiger partial charge in [-0.1, -0.05) is 27.2 Å². The van der Waals surface area contributed by atoms with Crippen LogP contribution < -0.4 is 0 Å². The van der Waals surface area contributed by atoms with E-state index in [-0.39, 0.29) is 6.42 Å². The van der Waals surface area contributed by atoms with Gasteiger partial charge in [-0.05, 0) is 0 Å². The minimum atomic E-state index is -5.64. The van der Waals surface area contributed by atoms with E-state index in [0.29, 0.717) is 0 Å². The van der Waals surface area contributed by atoms with Gasteiger partial charge in [0.15, 0.2) is 0 Å². The first kappa shape index (κ1) is 17.2. The van der Waals surface area contributed by atoms with Crippen LogP contribution in [0.25, 0.3) is 0 Å². The standard InChI is InChI=1S/C9H15F3O5S/c1-4-5-8(9(10,11)12,18(14,15)16)17-7(13)6(2)3/h6H,4-5H2,1-3H3,(H,14,15,16). The summed E-state index contributed by atoms with van der Waals surface area (Å²) in [6.07, 6.45) is -6.72. The zero-order valence-corrected chi connectivity index (χ0v) is 10.9. The molecule has 0 saturated carbocycles. The first-order valence-electron chi connectivity index (χ1n) is 5.15.